The van der Waals surface area contributed by atoms with Gasteiger partial charge in [0.05, 0.1) is 12.4 Å². The molecule has 2 aromatic rings. The van der Waals surface area contributed by atoms with Gasteiger partial charge in [0.2, 0.25) is 0 Å². The number of halogens is 2. The maximum absolute atomic E-state index is 5.83. The topological polar surface area (TPSA) is 127 Å². The average molecular weight is 366 g/mol. The van der Waals surface area contributed by atoms with Crippen molar-refractivity contribution >= 4 is 47.0 Å². The Bertz CT molecular complexity index is 698. The minimum Gasteiger partial charge on any atom is -0.398 e. The Kier molecular flexibility index (Phi) is 6.25. The average Bonchev–Trinajstić information content (AvgIpc) is 2.51. The van der Waals surface area contributed by atoms with Gasteiger partial charge >= 0.3 is 0 Å². The first-order chi connectivity index (χ1) is 11.5. The predicted molar refractivity (Wildman–Crippen MR) is 101 cm³/mol. The second-order valence-electron chi connectivity index (χ2n) is 4.80. The standard InChI is InChI=1S/C15H17Cl2N7/c16-11-3-1-9(13(18)5-11)7-21-23-15(20)24-22-8-10-2-4-12(17)6-14(10)19/h1-8,15,23-24H,18-20H2/b21-7+,22-8+. The van der Waals surface area contributed by atoms with E-state index >= 15 is 0 Å². The monoisotopic (exact) mass is 365 g/mol. The van der Waals surface area contributed by atoms with Crippen LogP contribution in [0.3, 0.4) is 0 Å². The third-order valence-corrected chi connectivity index (χ3v) is 3.40. The Labute approximate surface area is 149 Å². The zero-order valence-electron chi connectivity index (χ0n) is 12.6. The van der Waals surface area contributed by atoms with Crippen LogP contribution in [0.1, 0.15) is 11.1 Å². The number of hydrazone groups is 2. The molecule has 0 amide bonds. The van der Waals surface area contributed by atoms with Crippen molar-refractivity contribution in [3.8, 4) is 0 Å². The summed E-state index contributed by atoms with van der Waals surface area (Å²) < 4.78 is 0. The molecule has 0 unspecified atom stereocenters. The second kappa shape index (κ2) is 8.39. The highest BCUT2D eigenvalue weighted by Crippen LogP contribution is 2.16. The molecular formula is C15H17Cl2N7. The summed E-state index contributed by atoms with van der Waals surface area (Å²) in [6, 6.07) is 10.2. The van der Waals surface area contributed by atoms with E-state index in [1.807, 2.05) is 0 Å². The number of nitrogens with one attached hydrogen (secondary N) is 2. The molecule has 9 heteroatoms. The first-order valence-electron chi connectivity index (χ1n) is 6.88. The zero-order chi connectivity index (χ0) is 17.5. The fraction of sp³-hybridized carbons (Fsp3) is 0.0667. The lowest BCUT2D eigenvalue weighted by Crippen LogP contribution is -2.44. The molecule has 0 aromatic heterocycles. The number of nitrogen functional groups attached to an aromatic ring is 2. The van der Waals surface area contributed by atoms with Crippen LogP contribution in [-0.2, 0) is 0 Å². The van der Waals surface area contributed by atoms with Crippen LogP contribution in [0.15, 0.2) is 46.6 Å². The van der Waals surface area contributed by atoms with Crippen LogP contribution in [0, 0.1) is 0 Å². The van der Waals surface area contributed by atoms with Crippen LogP contribution in [0.25, 0.3) is 0 Å². The highest BCUT2D eigenvalue weighted by atomic mass is 35.5. The van der Waals surface area contributed by atoms with Crippen molar-refractivity contribution in [3.63, 3.8) is 0 Å². The summed E-state index contributed by atoms with van der Waals surface area (Å²) in [5, 5.41) is 9.09. The van der Waals surface area contributed by atoms with Gasteiger partial charge in [-0.2, -0.15) is 10.2 Å². The Morgan fingerprint density at radius 2 is 1.25 bits per heavy atom. The number of nitrogens with two attached hydrogens (primary N) is 3. The third kappa shape index (κ3) is 5.31. The largest absolute Gasteiger partial charge is 0.398 e. The van der Waals surface area contributed by atoms with Gasteiger partial charge in [-0.3, -0.25) is 16.6 Å². The van der Waals surface area contributed by atoms with Gasteiger partial charge in [0.1, 0.15) is 0 Å². The van der Waals surface area contributed by atoms with Crippen molar-refractivity contribution in [1.82, 2.24) is 10.9 Å². The van der Waals surface area contributed by atoms with Gasteiger partial charge in [-0.15, -0.1) is 0 Å². The molecule has 0 aliphatic heterocycles. The van der Waals surface area contributed by atoms with E-state index in [0.717, 1.165) is 11.1 Å². The maximum atomic E-state index is 5.83. The lowest BCUT2D eigenvalue weighted by atomic mass is 10.2. The van der Waals surface area contributed by atoms with Gasteiger partial charge in [0.25, 0.3) is 0 Å². The smallest absolute Gasteiger partial charge is 0.180 e. The molecule has 0 heterocycles. The van der Waals surface area contributed by atoms with Crippen LogP contribution in [0.5, 0.6) is 0 Å². The summed E-state index contributed by atoms with van der Waals surface area (Å²) in [5.41, 5.74) is 25.2. The number of rotatable bonds is 6. The second-order valence-corrected chi connectivity index (χ2v) is 5.67. The Morgan fingerprint density at radius 1 is 0.833 bits per heavy atom. The summed E-state index contributed by atoms with van der Waals surface area (Å²) in [6.45, 7) is 0. The molecule has 0 saturated heterocycles. The third-order valence-electron chi connectivity index (χ3n) is 2.93. The normalized spacial score (nSPS) is 11.5. The molecule has 126 valence electrons. The van der Waals surface area contributed by atoms with Crippen molar-refractivity contribution in [2.45, 2.75) is 6.29 Å². The lowest BCUT2D eigenvalue weighted by molar-refractivity contribution is 0.464. The summed E-state index contributed by atoms with van der Waals surface area (Å²) >= 11 is 11.7. The van der Waals surface area contributed by atoms with Crippen LogP contribution in [-0.4, -0.2) is 18.7 Å². The first kappa shape index (κ1) is 17.9. The Hall–Kier alpha value is -2.48. The van der Waals surface area contributed by atoms with Crippen molar-refractivity contribution in [2.75, 3.05) is 11.5 Å². The van der Waals surface area contributed by atoms with Crippen molar-refractivity contribution in [3.05, 3.63) is 57.6 Å². The molecule has 2 aromatic carbocycles. The van der Waals surface area contributed by atoms with Crippen molar-refractivity contribution in [1.29, 1.82) is 0 Å². The highest BCUT2D eigenvalue weighted by molar-refractivity contribution is 6.31. The van der Waals surface area contributed by atoms with Gasteiger partial charge in [-0.1, -0.05) is 23.2 Å². The SMILES string of the molecule is Nc1cc(Cl)ccc1/C=N/NC(N)N/N=C/c1ccc(Cl)cc1N. The molecular weight excluding hydrogens is 349 g/mol. The van der Waals surface area contributed by atoms with E-state index in [1.165, 1.54) is 12.4 Å². The number of hydrogen-bond acceptors (Lipinski definition) is 7. The van der Waals surface area contributed by atoms with E-state index in [9.17, 15) is 0 Å². The van der Waals surface area contributed by atoms with E-state index in [0.29, 0.717) is 21.4 Å². The summed E-state index contributed by atoms with van der Waals surface area (Å²) in [6.07, 6.45) is 2.38. The molecule has 24 heavy (non-hydrogen) atoms. The molecule has 8 N–H and O–H groups in total. The van der Waals surface area contributed by atoms with Crippen LogP contribution < -0.4 is 28.1 Å². The van der Waals surface area contributed by atoms with E-state index in [1.54, 1.807) is 36.4 Å². The predicted octanol–water partition coefficient (Wildman–Crippen LogP) is 1.95. The molecule has 0 bridgehead atoms. The quantitative estimate of drug-likeness (QED) is 0.231. The molecule has 0 fully saturated rings. The molecule has 0 atom stereocenters. The van der Waals surface area contributed by atoms with Crippen LogP contribution in [0.4, 0.5) is 11.4 Å². The summed E-state index contributed by atoms with van der Waals surface area (Å²) in [7, 11) is 0. The number of nitrogens with zero attached hydrogens (tertiary/aromatic N) is 2. The fourth-order valence-electron chi connectivity index (χ4n) is 1.73. The zero-order valence-corrected chi connectivity index (χ0v) is 14.1. The first-order valence-corrected chi connectivity index (χ1v) is 7.64. The van der Waals surface area contributed by atoms with Gasteiger partial charge in [-0.05, 0) is 36.4 Å². The van der Waals surface area contributed by atoms with Gasteiger partial charge in [-0.25, -0.2) is 0 Å². The summed E-state index contributed by atoms with van der Waals surface area (Å²) in [5.74, 6) is 0. The summed E-state index contributed by atoms with van der Waals surface area (Å²) in [4.78, 5) is 0. The van der Waals surface area contributed by atoms with E-state index in [-0.39, 0.29) is 0 Å². The number of hydrogen-bond donors (Lipinski definition) is 5. The Morgan fingerprint density at radius 3 is 1.62 bits per heavy atom. The van der Waals surface area contributed by atoms with E-state index in [2.05, 4.69) is 21.1 Å². The van der Waals surface area contributed by atoms with Crippen molar-refractivity contribution in [2.24, 2.45) is 15.9 Å². The molecule has 0 aliphatic rings. The molecule has 0 spiro atoms. The molecule has 0 radical (unpaired) electrons. The minimum atomic E-state index is -0.695. The lowest BCUT2D eigenvalue weighted by Gasteiger charge is -2.10. The molecule has 0 saturated carbocycles. The Balaban J connectivity index is 1.85. The number of benzene rings is 2. The minimum absolute atomic E-state index is 0.519. The van der Waals surface area contributed by atoms with Crippen LogP contribution >= 0.6 is 23.2 Å². The maximum Gasteiger partial charge on any atom is 0.180 e. The van der Waals surface area contributed by atoms with Crippen LogP contribution in [0.2, 0.25) is 10.0 Å². The van der Waals surface area contributed by atoms with Crippen molar-refractivity contribution < 1.29 is 0 Å². The van der Waals surface area contributed by atoms with Gasteiger partial charge < -0.3 is 11.5 Å². The molecule has 7 nitrogen and oxygen atoms in total. The highest BCUT2D eigenvalue weighted by Gasteiger charge is 1.99. The fourth-order valence-corrected chi connectivity index (χ4v) is 2.09. The van der Waals surface area contributed by atoms with Gasteiger partial charge in [0.15, 0.2) is 6.29 Å². The number of anilines is 2. The van der Waals surface area contributed by atoms with E-state index < -0.39 is 6.29 Å². The van der Waals surface area contributed by atoms with Gasteiger partial charge in [0, 0.05) is 32.5 Å². The van der Waals surface area contributed by atoms with E-state index in [4.69, 9.17) is 40.4 Å². The molecule has 0 aliphatic carbocycles. The molecule has 2 rings (SSSR count).